The van der Waals surface area contributed by atoms with Gasteiger partial charge in [0.1, 0.15) is 5.82 Å². The van der Waals surface area contributed by atoms with Crippen molar-refractivity contribution >= 4 is 22.8 Å². The third kappa shape index (κ3) is 3.02. The Hall–Kier alpha value is -3.56. The van der Waals surface area contributed by atoms with Gasteiger partial charge in [0, 0.05) is 30.8 Å². The molecule has 0 aliphatic carbocycles. The molecule has 4 rings (SSSR count). The average molecular weight is 391 g/mol. The van der Waals surface area contributed by atoms with E-state index in [1.807, 2.05) is 42.5 Å². The van der Waals surface area contributed by atoms with Gasteiger partial charge in [0.05, 0.1) is 5.02 Å². The fraction of sp³-hybridized carbons (Fsp3) is 0.0952. The molecule has 4 aromatic rings. The summed E-state index contributed by atoms with van der Waals surface area (Å²) in [6.45, 7) is 0. The first kappa shape index (κ1) is 17.8. The predicted octanol–water partition coefficient (Wildman–Crippen LogP) is 2.68. The van der Waals surface area contributed by atoms with Crippen molar-refractivity contribution in [2.75, 3.05) is 0 Å². The van der Waals surface area contributed by atoms with E-state index >= 15 is 0 Å². The van der Waals surface area contributed by atoms with Crippen molar-refractivity contribution in [3.8, 4) is 23.2 Å². The molecule has 0 atom stereocenters. The third-order valence-corrected chi connectivity index (χ3v) is 4.78. The number of hydrogen-bond donors (Lipinski definition) is 1. The van der Waals surface area contributed by atoms with E-state index < -0.39 is 11.2 Å². The molecule has 0 fully saturated rings. The molecule has 1 N–H and O–H groups in total. The van der Waals surface area contributed by atoms with Gasteiger partial charge in [-0.25, -0.2) is 9.78 Å². The van der Waals surface area contributed by atoms with Gasteiger partial charge < -0.3 is 4.57 Å². The smallest absolute Gasteiger partial charge is 0.321 e. The first-order valence-corrected chi connectivity index (χ1v) is 8.86. The fourth-order valence-electron chi connectivity index (χ4n) is 2.99. The Morgan fingerprint density at radius 2 is 1.68 bits per heavy atom. The molecule has 0 unspecified atom stereocenters. The van der Waals surface area contributed by atoms with E-state index in [2.05, 4.69) is 21.8 Å². The second-order valence-corrected chi connectivity index (χ2v) is 6.70. The van der Waals surface area contributed by atoms with Crippen molar-refractivity contribution in [2.45, 2.75) is 0 Å². The molecule has 138 valence electrons. The van der Waals surface area contributed by atoms with Crippen LogP contribution in [0.1, 0.15) is 11.1 Å². The zero-order valence-corrected chi connectivity index (χ0v) is 15.9. The van der Waals surface area contributed by atoms with Gasteiger partial charge in [0.25, 0.3) is 5.56 Å². The highest BCUT2D eigenvalue weighted by molar-refractivity contribution is 6.33. The molecule has 0 aliphatic heterocycles. The summed E-state index contributed by atoms with van der Waals surface area (Å²) >= 11 is 6.48. The van der Waals surface area contributed by atoms with Gasteiger partial charge in [0.15, 0.2) is 11.2 Å². The Kier molecular flexibility index (Phi) is 4.38. The van der Waals surface area contributed by atoms with E-state index in [1.165, 1.54) is 4.57 Å². The number of H-pyrrole nitrogens is 1. The monoisotopic (exact) mass is 390 g/mol. The highest BCUT2D eigenvalue weighted by Crippen LogP contribution is 2.29. The molecule has 2 heterocycles. The number of rotatable bonds is 1. The number of fused-ring (bicyclic) bond motifs is 1. The maximum Gasteiger partial charge on any atom is 0.329 e. The number of halogens is 1. The van der Waals surface area contributed by atoms with Crippen LogP contribution in [0.15, 0.2) is 58.1 Å². The highest BCUT2D eigenvalue weighted by atomic mass is 35.5. The Morgan fingerprint density at radius 3 is 2.39 bits per heavy atom. The van der Waals surface area contributed by atoms with E-state index in [-0.39, 0.29) is 0 Å². The van der Waals surface area contributed by atoms with Gasteiger partial charge in [0.2, 0.25) is 0 Å². The second kappa shape index (κ2) is 6.87. The summed E-state index contributed by atoms with van der Waals surface area (Å²) < 4.78 is 2.93. The molecule has 0 saturated carbocycles. The molecule has 0 amide bonds. The van der Waals surface area contributed by atoms with E-state index in [0.717, 1.165) is 11.1 Å². The van der Waals surface area contributed by atoms with Gasteiger partial charge in [-0.3, -0.25) is 14.3 Å². The van der Waals surface area contributed by atoms with Crippen LogP contribution in [0, 0.1) is 11.8 Å². The van der Waals surface area contributed by atoms with Crippen LogP contribution in [0.4, 0.5) is 0 Å². The molecular weight excluding hydrogens is 376 g/mol. The SMILES string of the molecule is Cn1c(-c2ccc(C#Cc3ccccc3)cc2Cl)nc2c1c(=O)[nH]c(=O)n2C. The number of aromatic nitrogens is 4. The predicted molar refractivity (Wildman–Crippen MR) is 109 cm³/mol. The Bertz CT molecular complexity index is 1390. The van der Waals surface area contributed by atoms with Crippen LogP contribution in [-0.4, -0.2) is 19.1 Å². The summed E-state index contributed by atoms with van der Waals surface area (Å²) in [5.74, 6) is 6.67. The van der Waals surface area contributed by atoms with Crippen molar-refractivity contribution in [3.05, 3.63) is 85.5 Å². The first-order valence-electron chi connectivity index (χ1n) is 8.48. The zero-order valence-electron chi connectivity index (χ0n) is 15.2. The Labute approximate surface area is 165 Å². The molecule has 28 heavy (non-hydrogen) atoms. The lowest BCUT2D eigenvalue weighted by Crippen LogP contribution is -2.29. The molecule has 6 nitrogen and oxygen atoms in total. The maximum absolute atomic E-state index is 12.2. The Balaban J connectivity index is 1.81. The molecule has 0 saturated heterocycles. The van der Waals surface area contributed by atoms with E-state index in [1.54, 1.807) is 24.7 Å². The fourth-order valence-corrected chi connectivity index (χ4v) is 3.25. The quantitative estimate of drug-likeness (QED) is 0.508. The molecule has 7 heteroatoms. The largest absolute Gasteiger partial charge is 0.329 e. The second-order valence-electron chi connectivity index (χ2n) is 6.30. The van der Waals surface area contributed by atoms with Crippen LogP contribution >= 0.6 is 11.6 Å². The van der Waals surface area contributed by atoms with Crippen molar-refractivity contribution in [1.29, 1.82) is 0 Å². The molecule has 2 aromatic heterocycles. The zero-order chi connectivity index (χ0) is 19.8. The number of aromatic amines is 1. The maximum atomic E-state index is 12.2. The van der Waals surface area contributed by atoms with Crippen molar-refractivity contribution in [3.63, 3.8) is 0 Å². The molecular formula is C21H15ClN4O2. The number of imidazole rings is 1. The molecule has 0 radical (unpaired) electrons. The molecule has 0 bridgehead atoms. The van der Waals surface area contributed by atoms with E-state index in [9.17, 15) is 9.59 Å². The van der Waals surface area contributed by atoms with E-state index in [4.69, 9.17) is 11.6 Å². The van der Waals surface area contributed by atoms with Crippen molar-refractivity contribution in [2.24, 2.45) is 14.1 Å². The van der Waals surface area contributed by atoms with E-state index in [0.29, 0.717) is 27.6 Å². The third-order valence-electron chi connectivity index (χ3n) is 4.47. The standard InChI is InChI=1S/C21H15ClN4O2/c1-25-17-19(26(2)21(28)24-20(17)27)23-18(25)15-11-10-14(12-16(15)22)9-8-13-6-4-3-5-7-13/h3-7,10-12H,1-2H3,(H,24,27,28). The number of aryl methyl sites for hydroxylation is 2. The summed E-state index contributed by atoms with van der Waals surface area (Å²) in [5.41, 5.74) is 1.94. The summed E-state index contributed by atoms with van der Waals surface area (Å²) in [7, 11) is 3.27. The average Bonchev–Trinajstić information content (AvgIpc) is 3.03. The highest BCUT2D eigenvalue weighted by Gasteiger charge is 2.17. The lowest BCUT2D eigenvalue weighted by Gasteiger charge is -2.05. The number of nitrogens with one attached hydrogen (secondary N) is 1. The van der Waals surface area contributed by atoms with Crippen LogP contribution in [0.25, 0.3) is 22.6 Å². The summed E-state index contributed by atoms with van der Waals surface area (Å²) in [5, 5.41) is 0.458. The van der Waals surface area contributed by atoms with Crippen molar-refractivity contribution < 1.29 is 0 Å². The topological polar surface area (TPSA) is 72.7 Å². The summed E-state index contributed by atoms with van der Waals surface area (Å²) in [6, 6.07) is 15.1. The minimum atomic E-state index is -0.514. The Morgan fingerprint density at radius 1 is 0.964 bits per heavy atom. The minimum Gasteiger partial charge on any atom is -0.321 e. The lowest BCUT2D eigenvalue weighted by molar-refractivity contribution is 0.829. The molecule has 0 spiro atoms. The van der Waals surface area contributed by atoms with Crippen LogP contribution in [-0.2, 0) is 14.1 Å². The van der Waals surface area contributed by atoms with Gasteiger partial charge >= 0.3 is 5.69 Å². The number of nitrogens with zero attached hydrogens (tertiary/aromatic N) is 3. The normalized spacial score (nSPS) is 10.7. The van der Waals surface area contributed by atoms with Gasteiger partial charge in [-0.05, 0) is 30.3 Å². The molecule has 0 aliphatic rings. The van der Waals surface area contributed by atoms with Crippen LogP contribution in [0.5, 0.6) is 0 Å². The summed E-state index contributed by atoms with van der Waals surface area (Å²) in [4.78, 5) is 30.8. The number of benzene rings is 2. The molecule has 2 aromatic carbocycles. The lowest BCUT2D eigenvalue weighted by atomic mass is 10.1. The van der Waals surface area contributed by atoms with Gasteiger partial charge in [-0.2, -0.15) is 0 Å². The number of hydrogen-bond acceptors (Lipinski definition) is 3. The van der Waals surface area contributed by atoms with Crippen molar-refractivity contribution in [1.82, 2.24) is 19.1 Å². The summed E-state index contributed by atoms with van der Waals surface area (Å²) in [6.07, 6.45) is 0. The van der Waals surface area contributed by atoms with Gasteiger partial charge in [-0.1, -0.05) is 41.6 Å². The first-order chi connectivity index (χ1) is 13.5. The van der Waals surface area contributed by atoms with Crippen LogP contribution in [0.2, 0.25) is 5.02 Å². The van der Waals surface area contributed by atoms with Gasteiger partial charge in [-0.15, -0.1) is 0 Å². The minimum absolute atomic E-state index is 0.301. The van der Waals surface area contributed by atoms with Crippen LogP contribution < -0.4 is 11.2 Å². The van der Waals surface area contributed by atoms with Crippen LogP contribution in [0.3, 0.4) is 0 Å².